The van der Waals surface area contributed by atoms with Crippen molar-refractivity contribution in [3.63, 3.8) is 0 Å². The summed E-state index contributed by atoms with van der Waals surface area (Å²) in [6.07, 6.45) is 0. The van der Waals surface area contributed by atoms with E-state index in [1.54, 1.807) is 0 Å². The summed E-state index contributed by atoms with van der Waals surface area (Å²) in [6, 6.07) is 47.4. The fourth-order valence-electron chi connectivity index (χ4n) is 3.90. The van der Waals surface area contributed by atoms with Crippen molar-refractivity contribution in [2.45, 2.75) is 0 Å². The zero-order chi connectivity index (χ0) is 20.2. The summed E-state index contributed by atoms with van der Waals surface area (Å²) in [4.78, 5) is 0. The molecular formula is C30H22. The summed E-state index contributed by atoms with van der Waals surface area (Å²) >= 11 is 0. The van der Waals surface area contributed by atoms with Gasteiger partial charge in [-0.15, -0.1) is 0 Å². The molecule has 0 fully saturated rings. The van der Waals surface area contributed by atoms with Gasteiger partial charge in [-0.05, 0) is 62.7 Å². The lowest BCUT2D eigenvalue weighted by Gasteiger charge is -2.10. The maximum Gasteiger partial charge on any atom is -0.0178 e. The van der Waals surface area contributed by atoms with Gasteiger partial charge >= 0.3 is 0 Å². The fourth-order valence-corrected chi connectivity index (χ4v) is 3.90. The molecule has 0 radical (unpaired) electrons. The van der Waals surface area contributed by atoms with Gasteiger partial charge in [0.05, 0.1) is 0 Å². The van der Waals surface area contributed by atoms with E-state index in [1.165, 1.54) is 44.5 Å². The van der Waals surface area contributed by atoms with Gasteiger partial charge in [-0.25, -0.2) is 0 Å². The second kappa shape index (κ2) is 8.23. The van der Waals surface area contributed by atoms with Crippen LogP contribution in [-0.4, -0.2) is 0 Å². The topological polar surface area (TPSA) is 0 Å². The number of hydrogen-bond donors (Lipinski definition) is 0. The minimum atomic E-state index is 1.23. The molecule has 0 saturated heterocycles. The van der Waals surface area contributed by atoms with Crippen LogP contribution < -0.4 is 0 Å². The van der Waals surface area contributed by atoms with Crippen molar-refractivity contribution in [1.29, 1.82) is 0 Å². The van der Waals surface area contributed by atoms with E-state index in [0.717, 1.165) is 0 Å². The quantitative estimate of drug-likeness (QED) is 0.293. The molecule has 5 aromatic rings. The highest BCUT2D eigenvalue weighted by Gasteiger charge is 2.05. The molecule has 5 aromatic carbocycles. The van der Waals surface area contributed by atoms with Crippen molar-refractivity contribution in [2.24, 2.45) is 0 Å². The molecule has 0 nitrogen and oxygen atoms in total. The number of hydrogen-bond acceptors (Lipinski definition) is 0. The highest BCUT2D eigenvalue weighted by atomic mass is 14.1. The van der Waals surface area contributed by atoms with Crippen LogP contribution in [0.3, 0.4) is 0 Å². The van der Waals surface area contributed by atoms with Crippen molar-refractivity contribution >= 4 is 0 Å². The Morgan fingerprint density at radius 3 is 0.733 bits per heavy atom. The van der Waals surface area contributed by atoms with Gasteiger partial charge < -0.3 is 0 Å². The Kier molecular flexibility index (Phi) is 4.98. The van der Waals surface area contributed by atoms with E-state index in [0.29, 0.717) is 0 Å². The first-order chi connectivity index (χ1) is 14.9. The number of rotatable bonds is 4. The zero-order valence-corrected chi connectivity index (χ0v) is 16.7. The monoisotopic (exact) mass is 382 g/mol. The maximum atomic E-state index is 2.29. The van der Waals surface area contributed by atoms with Gasteiger partial charge in [-0.3, -0.25) is 0 Å². The predicted molar refractivity (Wildman–Crippen MR) is 128 cm³/mol. The Morgan fingerprint density at radius 2 is 0.433 bits per heavy atom. The molecule has 0 aliphatic rings. The first-order valence-corrected chi connectivity index (χ1v) is 10.3. The van der Waals surface area contributed by atoms with Crippen LogP contribution in [0.15, 0.2) is 133 Å². The average Bonchev–Trinajstić information content (AvgIpc) is 2.85. The molecule has 0 atom stereocenters. The Hall–Kier alpha value is -3.90. The van der Waals surface area contributed by atoms with E-state index in [2.05, 4.69) is 133 Å². The lowest BCUT2D eigenvalue weighted by Crippen LogP contribution is -1.84. The molecule has 0 unspecified atom stereocenters. The molecule has 0 N–H and O–H groups in total. The zero-order valence-electron chi connectivity index (χ0n) is 16.7. The standard InChI is InChI=1S/C30H22/c1-3-10-23(11-4-1)25-14-7-16-27(20-25)29-18-9-19-30(22-29)28-17-8-15-26(21-28)24-12-5-2-6-13-24/h1-22H. The highest BCUT2D eigenvalue weighted by molar-refractivity contribution is 5.78. The van der Waals surface area contributed by atoms with Crippen LogP contribution in [0, 0.1) is 0 Å². The molecule has 0 aliphatic heterocycles. The van der Waals surface area contributed by atoms with E-state index in [1.807, 2.05) is 0 Å². The van der Waals surface area contributed by atoms with E-state index in [4.69, 9.17) is 0 Å². The van der Waals surface area contributed by atoms with Gasteiger partial charge in [-0.1, -0.05) is 115 Å². The molecule has 0 heterocycles. The van der Waals surface area contributed by atoms with Gasteiger partial charge in [0.1, 0.15) is 0 Å². The van der Waals surface area contributed by atoms with Gasteiger partial charge in [0.2, 0.25) is 0 Å². The summed E-state index contributed by atoms with van der Waals surface area (Å²) in [5.74, 6) is 0. The summed E-state index contributed by atoms with van der Waals surface area (Å²) < 4.78 is 0. The Balaban J connectivity index is 1.52. The van der Waals surface area contributed by atoms with Crippen molar-refractivity contribution in [3.05, 3.63) is 133 Å². The summed E-state index contributed by atoms with van der Waals surface area (Å²) in [7, 11) is 0. The molecule has 0 spiro atoms. The fraction of sp³-hybridized carbons (Fsp3) is 0. The molecule has 0 heteroatoms. The number of benzene rings is 5. The van der Waals surface area contributed by atoms with Crippen molar-refractivity contribution in [3.8, 4) is 44.5 Å². The minimum Gasteiger partial charge on any atom is -0.0622 e. The van der Waals surface area contributed by atoms with E-state index in [9.17, 15) is 0 Å². The second-order valence-corrected chi connectivity index (χ2v) is 7.47. The Morgan fingerprint density at radius 1 is 0.200 bits per heavy atom. The molecule has 0 amide bonds. The third kappa shape index (κ3) is 3.81. The molecule has 0 aromatic heterocycles. The van der Waals surface area contributed by atoms with Crippen LogP contribution in [0.4, 0.5) is 0 Å². The van der Waals surface area contributed by atoms with E-state index < -0.39 is 0 Å². The van der Waals surface area contributed by atoms with Gasteiger partial charge in [0, 0.05) is 0 Å². The molecule has 142 valence electrons. The van der Waals surface area contributed by atoms with Crippen molar-refractivity contribution in [1.82, 2.24) is 0 Å². The van der Waals surface area contributed by atoms with Crippen LogP contribution in [-0.2, 0) is 0 Å². The molecule has 0 saturated carbocycles. The van der Waals surface area contributed by atoms with E-state index in [-0.39, 0.29) is 0 Å². The molecule has 5 rings (SSSR count). The highest BCUT2D eigenvalue weighted by Crippen LogP contribution is 2.31. The van der Waals surface area contributed by atoms with Crippen molar-refractivity contribution < 1.29 is 0 Å². The van der Waals surface area contributed by atoms with Crippen LogP contribution in [0.1, 0.15) is 0 Å². The van der Waals surface area contributed by atoms with Gasteiger partial charge in [-0.2, -0.15) is 0 Å². The normalized spacial score (nSPS) is 10.7. The average molecular weight is 383 g/mol. The molecule has 30 heavy (non-hydrogen) atoms. The lowest BCUT2D eigenvalue weighted by molar-refractivity contribution is 1.56. The van der Waals surface area contributed by atoms with Crippen LogP contribution in [0.2, 0.25) is 0 Å². The third-order valence-corrected chi connectivity index (χ3v) is 5.47. The van der Waals surface area contributed by atoms with E-state index >= 15 is 0 Å². The SMILES string of the molecule is c1ccc(-c2cccc(-c3cccc(-c4cccc(-c5ccccc5)c4)c3)c2)cc1. The van der Waals surface area contributed by atoms with Crippen LogP contribution in [0.5, 0.6) is 0 Å². The van der Waals surface area contributed by atoms with Gasteiger partial charge in [0.25, 0.3) is 0 Å². The summed E-state index contributed by atoms with van der Waals surface area (Å²) in [5, 5.41) is 0. The predicted octanol–water partition coefficient (Wildman–Crippen LogP) is 8.35. The first-order valence-electron chi connectivity index (χ1n) is 10.3. The third-order valence-electron chi connectivity index (χ3n) is 5.47. The summed E-state index contributed by atoms with van der Waals surface area (Å²) in [6.45, 7) is 0. The Bertz CT molecular complexity index is 1170. The molecule has 0 bridgehead atoms. The van der Waals surface area contributed by atoms with Crippen LogP contribution in [0.25, 0.3) is 44.5 Å². The van der Waals surface area contributed by atoms with Gasteiger partial charge in [0.15, 0.2) is 0 Å². The lowest BCUT2D eigenvalue weighted by atomic mass is 9.95. The van der Waals surface area contributed by atoms with Crippen molar-refractivity contribution in [2.75, 3.05) is 0 Å². The molecular weight excluding hydrogens is 360 g/mol. The maximum absolute atomic E-state index is 2.29. The molecule has 0 aliphatic carbocycles. The largest absolute Gasteiger partial charge is 0.0622 e. The minimum absolute atomic E-state index is 1.23. The second-order valence-electron chi connectivity index (χ2n) is 7.47. The Labute approximate surface area is 178 Å². The first kappa shape index (κ1) is 18.1. The summed E-state index contributed by atoms with van der Waals surface area (Å²) in [5.41, 5.74) is 9.90. The smallest absolute Gasteiger partial charge is 0.0178 e. The van der Waals surface area contributed by atoms with Crippen LogP contribution >= 0.6 is 0 Å².